The van der Waals surface area contributed by atoms with Crippen molar-refractivity contribution in [3.05, 3.63) is 52.6 Å². The van der Waals surface area contributed by atoms with Crippen molar-refractivity contribution in [3.8, 4) is 0 Å². The van der Waals surface area contributed by atoms with Crippen LogP contribution in [-0.4, -0.2) is 30.0 Å². The van der Waals surface area contributed by atoms with Crippen LogP contribution in [0.15, 0.2) is 36.9 Å². The Bertz CT molecular complexity index is 526. The summed E-state index contributed by atoms with van der Waals surface area (Å²) >= 11 is 0. The third-order valence-corrected chi connectivity index (χ3v) is 2.53. The molecule has 0 unspecified atom stereocenters. The summed E-state index contributed by atoms with van der Waals surface area (Å²) in [6, 6.07) is 4.23. The Hall–Kier alpha value is -2.70. The lowest BCUT2D eigenvalue weighted by Gasteiger charge is -2.14. The maximum absolute atomic E-state index is 11.9. The van der Waals surface area contributed by atoms with Gasteiger partial charge in [-0.05, 0) is 18.6 Å². The van der Waals surface area contributed by atoms with E-state index in [1.165, 1.54) is 37.5 Å². The average molecular weight is 324 g/mol. The molecule has 23 heavy (non-hydrogen) atoms. The Morgan fingerprint density at radius 2 is 1.87 bits per heavy atom. The van der Waals surface area contributed by atoms with Gasteiger partial charge in [0.1, 0.15) is 6.04 Å². The molecule has 0 aliphatic carbocycles. The van der Waals surface area contributed by atoms with Gasteiger partial charge in [-0.15, -0.1) is 6.58 Å². The molecule has 7 heteroatoms. The van der Waals surface area contributed by atoms with Crippen LogP contribution in [-0.2, 0) is 9.53 Å². The first-order valence-corrected chi connectivity index (χ1v) is 6.73. The zero-order chi connectivity index (χ0) is 17.1. The van der Waals surface area contributed by atoms with Gasteiger partial charge in [-0.2, -0.15) is 0 Å². The second-order valence-corrected chi connectivity index (χ2v) is 3.88. The van der Waals surface area contributed by atoms with Crippen LogP contribution in [0.25, 0.3) is 0 Å². The number of rotatable bonds is 6. The maximum Gasteiger partial charge on any atom is 0.328 e. The van der Waals surface area contributed by atoms with E-state index in [-0.39, 0.29) is 25.1 Å². The van der Waals surface area contributed by atoms with Gasteiger partial charge >= 0.3 is 5.97 Å². The Balaban J connectivity index is 0. The molecular formula is C16H24N2O5. The van der Waals surface area contributed by atoms with Crippen LogP contribution in [0.1, 0.15) is 38.1 Å². The molecule has 0 aromatic heterocycles. The van der Waals surface area contributed by atoms with Gasteiger partial charge in [0, 0.05) is 17.7 Å². The number of nitro benzene ring substituents is 1. The molecule has 0 spiro atoms. The number of hydrogen-bond acceptors (Lipinski definition) is 5. The predicted molar refractivity (Wildman–Crippen MR) is 89.3 cm³/mol. The lowest BCUT2D eigenvalue weighted by molar-refractivity contribution is -0.384. The van der Waals surface area contributed by atoms with E-state index in [0.29, 0.717) is 0 Å². The quantitative estimate of drug-likeness (QED) is 0.375. The molecule has 0 radical (unpaired) electrons. The minimum atomic E-state index is -0.833. The van der Waals surface area contributed by atoms with Crippen LogP contribution < -0.4 is 5.32 Å². The molecule has 0 heterocycles. The number of methoxy groups -OCH3 is 1. The third-order valence-electron chi connectivity index (χ3n) is 2.53. The molecule has 0 aliphatic heterocycles. The van der Waals surface area contributed by atoms with Gasteiger partial charge in [0.2, 0.25) is 0 Å². The van der Waals surface area contributed by atoms with Crippen LogP contribution >= 0.6 is 0 Å². The molecule has 0 saturated carbocycles. The minimum absolute atomic E-state index is 0. The van der Waals surface area contributed by atoms with E-state index in [2.05, 4.69) is 16.6 Å². The smallest absolute Gasteiger partial charge is 0.328 e. The zero-order valence-electron chi connectivity index (χ0n) is 12.9. The summed E-state index contributed by atoms with van der Waals surface area (Å²) in [7, 11) is 1.22. The van der Waals surface area contributed by atoms with Gasteiger partial charge in [0.05, 0.1) is 12.0 Å². The summed E-state index contributed by atoms with van der Waals surface area (Å²) in [5, 5.41) is 13.0. The molecule has 1 aromatic rings. The average Bonchev–Trinajstić information content (AvgIpc) is 2.55. The first-order chi connectivity index (χ1) is 10.5. The second-order valence-electron chi connectivity index (χ2n) is 3.88. The molecule has 0 aliphatic rings. The SMILES string of the molecule is C.C=CC[C@H](NC(=O)c1ccc([N+](=O)[O-])cc1)C(=O)OC.CC. The standard InChI is InChI=1S/C13H14N2O5.C2H6.CH4/c1-3-4-11(13(17)20-2)14-12(16)9-5-7-10(8-6-9)15(18)19;1-2;/h3,5-8,11H,1,4H2,2H3,(H,14,16);1-2H3;1H4/t11-;;/m0../s1. The fourth-order valence-corrected chi connectivity index (χ4v) is 1.50. The van der Waals surface area contributed by atoms with Gasteiger partial charge < -0.3 is 10.1 Å². The van der Waals surface area contributed by atoms with Crippen molar-refractivity contribution in [2.24, 2.45) is 0 Å². The Morgan fingerprint density at radius 3 is 2.26 bits per heavy atom. The fourth-order valence-electron chi connectivity index (χ4n) is 1.50. The number of nitro groups is 1. The number of benzene rings is 1. The van der Waals surface area contributed by atoms with Crippen LogP contribution in [0.5, 0.6) is 0 Å². The Morgan fingerprint density at radius 1 is 1.35 bits per heavy atom. The van der Waals surface area contributed by atoms with Gasteiger partial charge in [0.15, 0.2) is 0 Å². The zero-order valence-corrected chi connectivity index (χ0v) is 12.9. The number of nitrogens with zero attached hydrogens (tertiary/aromatic N) is 1. The van der Waals surface area contributed by atoms with Crippen molar-refractivity contribution in [2.45, 2.75) is 33.7 Å². The van der Waals surface area contributed by atoms with Crippen molar-refractivity contribution in [3.63, 3.8) is 0 Å². The molecule has 1 N–H and O–H groups in total. The molecular weight excluding hydrogens is 300 g/mol. The number of hydrogen-bond donors (Lipinski definition) is 1. The Kier molecular flexibility index (Phi) is 11.7. The number of non-ortho nitro benzene ring substituents is 1. The second kappa shape index (κ2) is 11.9. The topological polar surface area (TPSA) is 98.5 Å². The highest BCUT2D eigenvalue weighted by atomic mass is 16.6. The maximum atomic E-state index is 11.9. The number of ether oxygens (including phenoxy) is 1. The molecule has 7 nitrogen and oxygen atoms in total. The van der Waals surface area contributed by atoms with E-state index in [4.69, 9.17) is 0 Å². The van der Waals surface area contributed by atoms with Crippen molar-refractivity contribution >= 4 is 17.6 Å². The summed E-state index contributed by atoms with van der Waals surface area (Å²) < 4.78 is 4.56. The number of esters is 1. The van der Waals surface area contributed by atoms with Crippen molar-refractivity contribution in [1.82, 2.24) is 5.32 Å². The van der Waals surface area contributed by atoms with E-state index < -0.39 is 22.8 Å². The van der Waals surface area contributed by atoms with Crippen LogP contribution in [0.2, 0.25) is 0 Å². The van der Waals surface area contributed by atoms with E-state index in [0.717, 1.165) is 0 Å². The number of amides is 1. The first kappa shape index (κ1) is 22.6. The normalized spacial score (nSPS) is 10.0. The molecule has 0 bridgehead atoms. The lowest BCUT2D eigenvalue weighted by atomic mass is 10.1. The van der Waals surface area contributed by atoms with Gasteiger partial charge in [-0.1, -0.05) is 27.4 Å². The number of nitrogens with one attached hydrogen (secondary N) is 1. The predicted octanol–water partition coefficient (Wildman–Crippen LogP) is 3.10. The van der Waals surface area contributed by atoms with Gasteiger partial charge in [-0.3, -0.25) is 14.9 Å². The number of carbonyl (C=O) groups excluding carboxylic acids is 2. The monoisotopic (exact) mass is 324 g/mol. The highest BCUT2D eigenvalue weighted by Crippen LogP contribution is 2.12. The number of carbonyl (C=O) groups is 2. The molecule has 1 aromatic carbocycles. The van der Waals surface area contributed by atoms with Crippen molar-refractivity contribution in [1.29, 1.82) is 0 Å². The molecule has 0 saturated heterocycles. The summed E-state index contributed by atoms with van der Waals surface area (Å²) in [4.78, 5) is 33.3. The largest absolute Gasteiger partial charge is 0.467 e. The van der Waals surface area contributed by atoms with E-state index in [9.17, 15) is 19.7 Å². The third kappa shape index (κ3) is 7.21. The van der Waals surface area contributed by atoms with Crippen LogP contribution in [0.4, 0.5) is 5.69 Å². The van der Waals surface area contributed by atoms with Crippen LogP contribution in [0.3, 0.4) is 0 Å². The van der Waals surface area contributed by atoms with Gasteiger partial charge in [0.25, 0.3) is 11.6 Å². The molecule has 1 atom stereocenters. The first-order valence-electron chi connectivity index (χ1n) is 6.73. The molecule has 1 rings (SSSR count). The summed E-state index contributed by atoms with van der Waals surface area (Å²) in [6.45, 7) is 7.49. The van der Waals surface area contributed by atoms with E-state index in [1.54, 1.807) is 0 Å². The van der Waals surface area contributed by atoms with Gasteiger partial charge in [-0.25, -0.2) is 4.79 Å². The van der Waals surface area contributed by atoms with Crippen molar-refractivity contribution < 1.29 is 19.2 Å². The lowest BCUT2D eigenvalue weighted by Crippen LogP contribution is -2.41. The molecule has 0 fully saturated rings. The summed E-state index contributed by atoms with van der Waals surface area (Å²) in [5.74, 6) is -1.10. The Labute approximate surface area is 136 Å². The molecule has 1 amide bonds. The van der Waals surface area contributed by atoms with Crippen molar-refractivity contribution in [2.75, 3.05) is 7.11 Å². The fraction of sp³-hybridized carbons (Fsp3) is 0.375. The highest BCUT2D eigenvalue weighted by Gasteiger charge is 2.21. The highest BCUT2D eigenvalue weighted by molar-refractivity contribution is 5.96. The molecule has 128 valence electrons. The summed E-state index contributed by atoms with van der Waals surface area (Å²) in [6.07, 6.45) is 1.71. The van der Waals surface area contributed by atoms with Crippen LogP contribution in [0, 0.1) is 10.1 Å². The minimum Gasteiger partial charge on any atom is -0.467 e. The van der Waals surface area contributed by atoms with E-state index in [1.807, 2.05) is 13.8 Å². The van der Waals surface area contributed by atoms with E-state index >= 15 is 0 Å². The summed E-state index contributed by atoms with van der Waals surface area (Å²) in [5.41, 5.74) is 0.103.